The molecule has 1 atom stereocenters. The van der Waals surface area contributed by atoms with Gasteiger partial charge in [-0.3, -0.25) is 0 Å². The monoisotopic (exact) mass is 538 g/mol. The molecule has 206 valence electrons. The van der Waals surface area contributed by atoms with E-state index in [1.54, 1.807) is 18.2 Å². The molecule has 0 radical (unpaired) electrons. The highest BCUT2D eigenvalue weighted by molar-refractivity contribution is 6.18. The average molecular weight is 539 g/mol. The predicted octanol–water partition coefficient (Wildman–Crippen LogP) is 8.04. The topological polar surface area (TPSA) is 66.6 Å². The van der Waals surface area contributed by atoms with Crippen molar-refractivity contribution in [2.24, 2.45) is 5.92 Å². The number of fused-ring (bicyclic) bond motifs is 1. The molecule has 1 aromatic heterocycles. The first-order valence-electron chi connectivity index (χ1n) is 14.4. The molecular formula is C34H35FN2O3. The zero-order valence-corrected chi connectivity index (χ0v) is 23.0. The Morgan fingerprint density at radius 3 is 2.75 bits per heavy atom. The SMILES string of the molecule is C=C1c2cc(N3CCC/C(=C/CCc4c(-c5ccccc5F)noc4C4CC4)CC3)ccc2C(C(=O)O)=CC1C. The maximum atomic E-state index is 14.6. The van der Waals surface area contributed by atoms with Gasteiger partial charge < -0.3 is 14.5 Å². The molecule has 6 rings (SSSR count). The number of carboxylic acid groups (broad SMARTS) is 1. The Bertz CT molecular complexity index is 1530. The van der Waals surface area contributed by atoms with Crippen LogP contribution in [0.1, 0.15) is 73.8 Å². The molecule has 1 saturated heterocycles. The molecule has 2 heterocycles. The van der Waals surface area contributed by atoms with Crippen molar-refractivity contribution in [3.05, 3.63) is 95.0 Å². The van der Waals surface area contributed by atoms with Gasteiger partial charge in [0.15, 0.2) is 0 Å². The van der Waals surface area contributed by atoms with Crippen LogP contribution in [0.25, 0.3) is 22.4 Å². The van der Waals surface area contributed by atoms with Gasteiger partial charge in [0.1, 0.15) is 17.3 Å². The van der Waals surface area contributed by atoms with Crippen molar-refractivity contribution < 1.29 is 18.8 Å². The Morgan fingerprint density at radius 1 is 1.15 bits per heavy atom. The highest BCUT2D eigenvalue weighted by atomic mass is 19.1. The summed E-state index contributed by atoms with van der Waals surface area (Å²) in [7, 11) is 0. The standard InChI is InChI=1S/C34H35FN2O3/c1-21-19-30(34(38)39)26-15-14-25(20-29(26)22(21)2)37-17-6-8-23(16-18-37)7-5-10-28-32(27-9-3-4-11-31(27)35)36-40-33(28)24-12-13-24/h3-4,7,9,11,14-15,19-21,24H,2,5-6,8,10,12-13,16-18H2,1H3,(H,38,39)/b23-7-. The fourth-order valence-electron chi connectivity index (χ4n) is 6.09. The van der Waals surface area contributed by atoms with Crippen molar-refractivity contribution in [2.45, 2.75) is 57.8 Å². The van der Waals surface area contributed by atoms with E-state index >= 15 is 0 Å². The van der Waals surface area contributed by atoms with E-state index in [1.165, 1.54) is 11.6 Å². The lowest BCUT2D eigenvalue weighted by Gasteiger charge is -2.27. The van der Waals surface area contributed by atoms with E-state index in [-0.39, 0.29) is 11.7 Å². The van der Waals surface area contributed by atoms with Crippen LogP contribution in [0.15, 0.2) is 71.3 Å². The number of aromatic nitrogens is 1. The predicted molar refractivity (Wildman–Crippen MR) is 157 cm³/mol. The second-order valence-corrected chi connectivity index (χ2v) is 11.3. The molecule has 6 heteroatoms. The van der Waals surface area contributed by atoms with Crippen LogP contribution in [0.5, 0.6) is 0 Å². The maximum Gasteiger partial charge on any atom is 0.336 e. The number of hydrogen-bond donors (Lipinski definition) is 1. The Kier molecular flexibility index (Phi) is 7.18. The van der Waals surface area contributed by atoms with Gasteiger partial charge in [-0.2, -0.15) is 0 Å². The summed E-state index contributed by atoms with van der Waals surface area (Å²) in [6, 6.07) is 12.9. The summed E-state index contributed by atoms with van der Waals surface area (Å²) >= 11 is 0. The second kappa shape index (κ2) is 10.9. The van der Waals surface area contributed by atoms with Gasteiger partial charge in [-0.05, 0) is 85.9 Å². The van der Waals surface area contributed by atoms with Gasteiger partial charge >= 0.3 is 5.97 Å². The number of halogens is 1. The first kappa shape index (κ1) is 26.3. The molecule has 1 N–H and O–H groups in total. The fraction of sp³-hybridized carbons (Fsp3) is 0.353. The lowest BCUT2D eigenvalue weighted by Crippen LogP contribution is -2.24. The minimum atomic E-state index is -0.894. The summed E-state index contributed by atoms with van der Waals surface area (Å²) in [5.41, 5.74) is 7.80. The highest BCUT2D eigenvalue weighted by Crippen LogP contribution is 2.45. The molecule has 3 aromatic rings. The van der Waals surface area contributed by atoms with Gasteiger partial charge in [-0.25, -0.2) is 9.18 Å². The second-order valence-electron chi connectivity index (χ2n) is 11.3. The van der Waals surface area contributed by atoms with Crippen LogP contribution in [0.4, 0.5) is 10.1 Å². The van der Waals surface area contributed by atoms with Gasteiger partial charge in [0, 0.05) is 41.7 Å². The molecule has 5 nitrogen and oxygen atoms in total. The molecule has 3 aliphatic rings. The van der Waals surface area contributed by atoms with Crippen molar-refractivity contribution in [3.8, 4) is 11.3 Å². The third-order valence-corrected chi connectivity index (χ3v) is 8.55. The number of allylic oxidation sites excluding steroid dienone is 3. The lowest BCUT2D eigenvalue weighted by molar-refractivity contribution is -0.130. The van der Waals surface area contributed by atoms with Crippen molar-refractivity contribution in [1.29, 1.82) is 0 Å². The summed E-state index contributed by atoms with van der Waals surface area (Å²) in [5, 5.41) is 14.0. The van der Waals surface area contributed by atoms with E-state index < -0.39 is 5.97 Å². The molecule has 1 aliphatic heterocycles. The minimum Gasteiger partial charge on any atom is -0.478 e. The summed E-state index contributed by atoms with van der Waals surface area (Å²) in [4.78, 5) is 14.2. The molecule has 40 heavy (non-hydrogen) atoms. The molecule has 0 bridgehead atoms. The van der Waals surface area contributed by atoms with Crippen molar-refractivity contribution in [2.75, 3.05) is 18.0 Å². The molecule has 2 aromatic carbocycles. The number of anilines is 1. The van der Waals surface area contributed by atoms with Crippen LogP contribution in [0, 0.1) is 11.7 Å². The van der Waals surface area contributed by atoms with E-state index in [0.717, 1.165) is 91.7 Å². The molecular weight excluding hydrogens is 503 g/mol. The van der Waals surface area contributed by atoms with Crippen molar-refractivity contribution in [3.63, 3.8) is 0 Å². The average Bonchev–Trinajstić information content (AvgIpc) is 3.75. The summed E-state index contributed by atoms with van der Waals surface area (Å²) < 4.78 is 20.3. The van der Waals surface area contributed by atoms with Crippen LogP contribution < -0.4 is 4.90 Å². The Morgan fingerprint density at radius 2 is 1.98 bits per heavy atom. The number of aliphatic carboxylic acids is 1. The molecule has 2 fully saturated rings. The number of nitrogens with zero attached hydrogens (tertiary/aromatic N) is 2. The number of carboxylic acids is 1. The first-order valence-corrected chi connectivity index (χ1v) is 14.4. The molecule has 1 unspecified atom stereocenters. The molecule has 2 aliphatic carbocycles. The van der Waals surface area contributed by atoms with Crippen LogP contribution in [-0.4, -0.2) is 29.3 Å². The maximum absolute atomic E-state index is 14.6. The summed E-state index contributed by atoms with van der Waals surface area (Å²) in [6.07, 6.45) is 11.1. The third-order valence-electron chi connectivity index (χ3n) is 8.55. The number of benzene rings is 2. The minimum absolute atomic E-state index is 0.00252. The van der Waals surface area contributed by atoms with Gasteiger partial charge in [-0.1, -0.05) is 54.6 Å². The summed E-state index contributed by atoms with van der Waals surface area (Å²) in [5.74, 6) is 0.191. The first-order chi connectivity index (χ1) is 19.4. The smallest absolute Gasteiger partial charge is 0.336 e. The Balaban J connectivity index is 1.15. The highest BCUT2D eigenvalue weighted by Gasteiger charge is 2.32. The zero-order valence-electron chi connectivity index (χ0n) is 23.0. The Hall–Kier alpha value is -3.93. The normalized spacial score (nSPS) is 20.3. The van der Waals surface area contributed by atoms with Gasteiger partial charge in [-0.15, -0.1) is 0 Å². The fourth-order valence-corrected chi connectivity index (χ4v) is 6.09. The van der Waals surface area contributed by atoms with E-state index in [1.807, 2.05) is 25.1 Å². The van der Waals surface area contributed by atoms with E-state index in [2.05, 4.69) is 28.8 Å². The van der Waals surface area contributed by atoms with Crippen molar-refractivity contribution >= 4 is 22.8 Å². The van der Waals surface area contributed by atoms with Crippen molar-refractivity contribution in [1.82, 2.24) is 5.16 Å². The number of hydrogen-bond acceptors (Lipinski definition) is 4. The van der Waals surface area contributed by atoms with Crippen LogP contribution in [0.2, 0.25) is 0 Å². The third kappa shape index (κ3) is 5.15. The van der Waals surface area contributed by atoms with Crippen LogP contribution in [-0.2, 0) is 11.2 Å². The van der Waals surface area contributed by atoms with E-state index in [4.69, 9.17) is 4.52 Å². The summed E-state index contributed by atoms with van der Waals surface area (Å²) in [6.45, 7) is 8.12. The number of carbonyl (C=O) groups is 1. The van der Waals surface area contributed by atoms with E-state index in [9.17, 15) is 14.3 Å². The quantitative estimate of drug-likeness (QED) is 0.308. The largest absolute Gasteiger partial charge is 0.478 e. The van der Waals surface area contributed by atoms with Crippen LogP contribution >= 0.6 is 0 Å². The Labute approximate surface area is 234 Å². The molecule has 0 spiro atoms. The van der Waals surface area contributed by atoms with Gasteiger partial charge in [0.2, 0.25) is 0 Å². The molecule has 1 saturated carbocycles. The van der Waals surface area contributed by atoms with Crippen LogP contribution in [0.3, 0.4) is 0 Å². The zero-order chi connectivity index (χ0) is 27.8. The van der Waals surface area contributed by atoms with Gasteiger partial charge in [0.05, 0.1) is 5.57 Å². The van der Waals surface area contributed by atoms with E-state index in [0.29, 0.717) is 22.7 Å². The van der Waals surface area contributed by atoms with Gasteiger partial charge in [0.25, 0.3) is 0 Å². The molecule has 0 amide bonds. The number of rotatable bonds is 7. The lowest BCUT2D eigenvalue weighted by atomic mass is 9.82.